The van der Waals surface area contributed by atoms with Gasteiger partial charge in [-0.05, 0) is 37.5 Å². The molecule has 0 unspecified atom stereocenters. The van der Waals surface area contributed by atoms with Gasteiger partial charge in [0, 0.05) is 11.7 Å². The summed E-state index contributed by atoms with van der Waals surface area (Å²) in [5.41, 5.74) is 7.09. The molecule has 1 aromatic heterocycles. The molecule has 8 nitrogen and oxygen atoms in total. The average Bonchev–Trinajstić information content (AvgIpc) is 3.26. The fourth-order valence-corrected chi connectivity index (χ4v) is 2.86. The van der Waals surface area contributed by atoms with E-state index in [4.69, 9.17) is 5.73 Å². The first-order valence-electron chi connectivity index (χ1n) is 8.04. The van der Waals surface area contributed by atoms with Crippen molar-refractivity contribution in [2.45, 2.75) is 38.3 Å². The number of nitrogens with one attached hydrogen (secondary N) is 3. The Bertz CT molecular complexity index is 756. The van der Waals surface area contributed by atoms with Crippen LogP contribution in [0.4, 0.5) is 15.6 Å². The van der Waals surface area contributed by atoms with E-state index in [1.807, 2.05) is 12.1 Å². The molecule has 0 radical (unpaired) electrons. The average molecular weight is 360 g/mol. The van der Waals surface area contributed by atoms with Crippen molar-refractivity contribution in [1.82, 2.24) is 20.8 Å². The number of nitrogens with two attached hydrogens (primary N) is 1. The topological polar surface area (TPSA) is 122 Å². The Kier molecular flexibility index (Phi) is 5.13. The van der Waals surface area contributed by atoms with Crippen molar-refractivity contribution in [3.05, 3.63) is 34.8 Å². The number of anilines is 2. The lowest BCUT2D eigenvalue weighted by atomic mass is 10.1. The number of benzene rings is 1. The molecular weight excluding hydrogens is 340 g/mol. The normalized spacial score (nSPS) is 14.6. The maximum absolute atomic E-state index is 12.0. The Hall–Kier alpha value is -2.68. The molecule has 0 saturated heterocycles. The molecule has 1 saturated carbocycles. The summed E-state index contributed by atoms with van der Waals surface area (Å²) < 4.78 is 0. The Labute approximate surface area is 149 Å². The molecule has 3 rings (SSSR count). The lowest BCUT2D eigenvalue weighted by molar-refractivity contribution is -0.120. The number of carbonyl (C=O) groups is 2. The number of hydrogen-bond acceptors (Lipinski definition) is 6. The first-order valence-corrected chi connectivity index (χ1v) is 8.86. The number of nitrogens with zero attached hydrogens (tertiary/aromatic N) is 2. The van der Waals surface area contributed by atoms with Gasteiger partial charge in [-0.15, -0.1) is 10.2 Å². The van der Waals surface area contributed by atoms with E-state index in [0.29, 0.717) is 28.3 Å². The van der Waals surface area contributed by atoms with Crippen molar-refractivity contribution in [2.24, 2.45) is 0 Å². The van der Waals surface area contributed by atoms with Gasteiger partial charge < -0.3 is 21.7 Å². The number of aromatic nitrogens is 2. The monoisotopic (exact) mass is 360 g/mol. The summed E-state index contributed by atoms with van der Waals surface area (Å²) in [5.74, 6) is 0.0334. The van der Waals surface area contributed by atoms with Gasteiger partial charge in [0.05, 0.1) is 12.5 Å². The summed E-state index contributed by atoms with van der Waals surface area (Å²) in [7, 11) is 0. The van der Waals surface area contributed by atoms with Crippen LogP contribution in [-0.2, 0) is 11.2 Å². The number of urea groups is 1. The summed E-state index contributed by atoms with van der Waals surface area (Å²) in [6.07, 6.45) is 2.50. The molecule has 9 heteroatoms. The zero-order valence-corrected chi connectivity index (χ0v) is 14.6. The molecule has 1 atom stereocenters. The lowest BCUT2D eigenvalue weighted by Gasteiger charge is -2.12. The standard InChI is InChI=1S/C16H20N6O2S/c1-9(14-21-22-15(17)25-14)18-16(24)20-12-4-2-10(3-5-12)8-13(23)19-11-6-7-11/h2-5,9,11H,6-8H2,1H3,(H2,17,22)(H,19,23)(H2,18,20,24)/t9-/m0/s1. The number of hydrogen-bond donors (Lipinski definition) is 4. The maximum Gasteiger partial charge on any atom is 0.319 e. The van der Waals surface area contributed by atoms with Crippen LogP contribution in [0, 0.1) is 0 Å². The van der Waals surface area contributed by atoms with Crippen LogP contribution >= 0.6 is 11.3 Å². The van der Waals surface area contributed by atoms with E-state index < -0.39 is 0 Å². The Morgan fingerprint density at radius 2 is 2.00 bits per heavy atom. The molecule has 0 spiro atoms. The zero-order valence-electron chi connectivity index (χ0n) is 13.8. The third-order valence-electron chi connectivity index (χ3n) is 3.69. The predicted octanol–water partition coefficient (Wildman–Crippen LogP) is 1.82. The highest BCUT2D eigenvalue weighted by molar-refractivity contribution is 7.15. The van der Waals surface area contributed by atoms with Gasteiger partial charge in [-0.3, -0.25) is 4.79 Å². The van der Waals surface area contributed by atoms with Crippen LogP contribution in [0.1, 0.15) is 36.4 Å². The Morgan fingerprint density at radius 1 is 1.28 bits per heavy atom. The molecule has 0 bridgehead atoms. The van der Waals surface area contributed by atoms with Gasteiger partial charge in [0.25, 0.3) is 0 Å². The molecule has 3 amide bonds. The number of nitrogen functional groups attached to an aromatic ring is 1. The van der Waals surface area contributed by atoms with E-state index in [2.05, 4.69) is 26.1 Å². The van der Waals surface area contributed by atoms with Gasteiger partial charge in [-0.25, -0.2) is 4.79 Å². The zero-order chi connectivity index (χ0) is 17.8. The van der Waals surface area contributed by atoms with E-state index in [1.54, 1.807) is 19.1 Å². The molecule has 1 aliphatic carbocycles. The summed E-state index contributed by atoms with van der Waals surface area (Å²) in [6, 6.07) is 6.93. The maximum atomic E-state index is 12.0. The second kappa shape index (κ2) is 7.47. The summed E-state index contributed by atoms with van der Waals surface area (Å²) in [4.78, 5) is 23.8. The number of amides is 3. The van der Waals surface area contributed by atoms with Crippen LogP contribution in [0.5, 0.6) is 0 Å². The minimum atomic E-state index is -0.347. The first kappa shape index (κ1) is 17.2. The van der Waals surface area contributed by atoms with Crippen LogP contribution in [0.2, 0.25) is 0 Å². The van der Waals surface area contributed by atoms with Gasteiger partial charge in [0.1, 0.15) is 5.01 Å². The summed E-state index contributed by atoms with van der Waals surface area (Å²) in [5, 5.41) is 17.1. The van der Waals surface area contributed by atoms with Crippen molar-refractivity contribution in [1.29, 1.82) is 0 Å². The Morgan fingerprint density at radius 3 is 2.60 bits per heavy atom. The number of carbonyl (C=O) groups excluding carboxylic acids is 2. The number of rotatable bonds is 6. The summed E-state index contributed by atoms with van der Waals surface area (Å²) >= 11 is 1.24. The second-order valence-electron chi connectivity index (χ2n) is 6.01. The van der Waals surface area contributed by atoms with Crippen molar-refractivity contribution in [3.63, 3.8) is 0 Å². The highest BCUT2D eigenvalue weighted by Crippen LogP contribution is 2.20. The van der Waals surface area contributed by atoms with Crippen LogP contribution < -0.4 is 21.7 Å². The lowest BCUT2D eigenvalue weighted by Crippen LogP contribution is -2.31. The van der Waals surface area contributed by atoms with Crippen molar-refractivity contribution >= 4 is 34.1 Å². The van der Waals surface area contributed by atoms with Crippen molar-refractivity contribution < 1.29 is 9.59 Å². The van der Waals surface area contributed by atoms with Crippen molar-refractivity contribution in [2.75, 3.05) is 11.1 Å². The van der Waals surface area contributed by atoms with Crippen LogP contribution in [0.25, 0.3) is 0 Å². The highest BCUT2D eigenvalue weighted by atomic mass is 32.1. The molecule has 0 aliphatic heterocycles. The molecule has 132 valence electrons. The SMILES string of the molecule is C[C@H](NC(=O)Nc1ccc(CC(=O)NC2CC2)cc1)c1nnc(N)s1. The van der Waals surface area contributed by atoms with Crippen LogP contribution in [-0.4, -0.2) is 28.2 Å². The Balaban J connectivity index is 1.48. The van der Waals surface area contributed by atoms with Gasteiger partial charge in [-0.2, -0.15) is 0 Å². The van der Waals surface area contributed by atoms with E-state index in [1.165, 1.54) is 11.3 Å². The van der Waals surface area contributed by atoms with Crippen LogP contribution in [0.15, 0.2) is 24.3 Å². The van der Waals surface area contributed by atoms with Gasteiger partial charge in [0.15, 0.2) is 0 Å². The first-order chi connectivity index (χ1) is 12.0. The molecule has 1 heterocycles. The van der Waals surface area contributed by atoms with Gasteiger partial charge in [0.2, 0.25) is 11.0 Å². The minimum Gasteiger partial charge on any atom is -0.374 e. The fraction of sp³-hybridized carbons (Fsp3) is 0.375. The molecule has 2 aromatic rings. The second-order valence-corrected chi connectivity index (χ2v) is 7.05. The fourth-order valence-electron chi connectivity index (χ4n) is 2.24. The van der Waals surface area contributed by atoms with Crippen molar-refractivity contribution in [3.8, 4) is 0 Å². The largest absolute Gasteiger partial charge is 0.374 e. The van der Waals surface area contributed by atoms with Gasteiger partial charge in [-0.1, -0.05) is 23.5 Å². The molecular formula is C16H20N6O2S. The third kappa shape index (κ3) is 5.15. The van der Waals surface area contributed by atoms with E-state index in [0.717, 1.165) is 18.4 Å². The molecule has 25 heavy (non-hydrogen) atoms. The van der Waals surface area contributed by atoms with E-state index >= 15 is 0 Å². The predicted molar refractivity (Wildman–Crippen MR) is 96.2 cm³/mol. The molecule has 5 N–H and O–H groups in total. The van der Waals surface area contributed by atoms with E-state index in [9.17, 15) is 9.59 Å². The molecule has 1 aromatic carbocycles. The molecule has 1 fully saturated rings. The molecule has 1 aliphatic rings. The smallest absolute Gasteiger partial charge is 0.319 e. The van der Waals surface area contributed by atoms with Crippen LogP contribution in [0.3, 0.4) is 0 Å². The van der Waals surface area contributed by atoms with Gasteiger partial charge >= 0.3 is 6.03 Å². The van der Waals surface area contributed by atoms with E-state index in [-0.39, 0.29) is 18.0 Å². The summed E-state index contributed by atoms with van der Waals surface area (Å²) in [6.45, 7) is 1.81. The minimum absolute atomic E-state index is 0.0334. The third-order valence-corrected chi connectivity index (χ3v) is 4.63. The highest BCUT2D eigenvalue weighted by Gasteiger charge is 2.23. The quantitative estimate of drug-likeness (QED) is 0.626.